The monoisotopic (exact) mass is 464 g/mol. The van der Waals surface area contributed by atoms with Crippen molar-refractivity contribution in [1.82, 2.24) is 19.6 Å². The van der Waals surface area contributed by atoms with E-state index in [-0.39, 0.29) is 36.8 Å². The van der Waals surface area contributed by atoms with Gasteiger partial charge in [-0.15, -0.1) is 24.8 Å². The average molecular weight is 465 g/mol. The summed E-state index contributed by atoms with van der Waals surface area (Å²) in [7, 11) is 0. The van der Waals surface area contributed by atoms with E-state index in [0.29, 0.717) is 17.9 Å². The molecule has 1 unspecified atom stereocenters. The molecule has 1 atom stereocenters. The van der Waals surface area contributed by atoms with Crippen LogP contribution >= 0.6 is 24.8 Å². The van der Waals surface area contributed by atoms with Crippen LogP contribution in [-0.4, -0.2) is 45.9 Å². The second-order valence-electron chi connectivity index (χ2n) is 7.67. The molecule has 4 rings (SSSR count). The van der Waals surface area contributed by atoms with Gasteiger partial charge in [0.15, 0.2) is 0 Å². The van der Waals surface area contributed by atoms with Crippen molar-refractivity contribution < 1.29 is 9.53 Å². The Hall–Kier alpha value is -2.28. The maximum atomic E-state index is 13.1. The van der Waals surface area contributed by atoms with Crippen LogP contribution in [0, 0.1) is 6.92 Å². The van der Waals surface area contributed by atoms with E-state index in [4.69, 9.17) is 4.74 Å². The van der Waals surface area contributed by atoms with E-state index in [2.05, 4.69) is 24.1 Å². The first-order chi connectivity index (χ1) is 14.1. The Morgan fingerprint density at radius 1 is 1.26 bits per heavy atom. The highest BCUT2D eigenvalue weighted by Crippen LogP contribution is 2.19. The largest absolute Gasteiger partial charge is 0.487 e. The second-order valence-corrected chi connectivity index (χ2v) is 7.67. The van der Waals surface area contributed by atoms with Crippen LogP contribution in [0.2, 0.25) is 0 Å². The third-order valence-corrected chi connectivity index (χ3v) is 5.32. The number of rotatable bonds is 7. The summed E-state index contributed by atoms with van der Waals surface area (Å²) in [6, 6.07) is 11.8. The van der Waals surface area contributed by atoms with E-state index >= 15 is 0 Å². The second kappa shape index (κ2) is 11.4. The summed E-state index contributed by atoms with van der Waals surface area (Å²) in [4.78, 5) is 19.7. The number of amides is 1. The lowest BCUT2D eigenvalue weighted by molar-refractivity contribution is 0.0691. The number of benzene rings is 1. The molecule has 1 aliphatic rings. The first-order valence-corrected chi connectivity index (χ1v) is 10.3. The molecule has 6 nitrogen and oxygen atoms in total. The number of fused-ring (bicyclic) bond motifs is 1. The summed E-state index contributed by atoms with van der Waals surface area (Å²) < 4.78 is 7.96. The molecule has 1 saturated heterocycles. The molecule has 2 aromatic heterocycles. The molecule has 0 saturated carbocycles. The van der Waals surface area contributed by atoms with Gasteiger partial charge in [-0.3, -0.25) is 4.79 Å². The summed E-state index contributed by atoms with van der Waals surface area (Å²) in [6.07, 6.45) is 5.99. The van der Waals surface area contributed by atoms with Gasteiger partial charge in [0.25, 0.3) is 5.91 Å². The molecule has 1 aliphatic heterocycles. The van der Waals surface area contributed by atoms with Crippen LogP contribution in [0.4, 0.5) is 0 Å². The van der Waals surface area contributed by atoms with Crippen LogP contribution in [0.1, 0.15) is 41.4 Å². The SMILES string of the molecule is CCCN(C(=O)c1cccc(OCc2cn3cc(C)ccc3n2)c1)C1CCNC1.Cl.Cl. The van der Waals surface area contributed by atoms with Gasteiger partial charge in [-0.1, -0.05) is 19.1 Å². The number of hydrogen-bond donors (Lipinski definition) is 1. The van der Waals surface area contributed by atoms with Crippen molar-refractivity contribution >= 4 is 36.4 Å². The van der Waals surface area contributed by atoms with Crippen LogP contribution in [0.5, 0.6) is 5.75 Å². The minimum absolute atomic E-state index is 0. The average Bonchev–Trinajstić information content (AvgIpc) is 3.39. The molecule has 1 aromatic carbocycles. The number of nitrogens with one attached hydrogen (secondary N) is 1. The fraction of sp³-hybridized carbons (Fsp3) is 0.391. The predicted octanol–water partition coefficient (Wildman–Crippen LogP) is 4.28. The minimum Gasteiger partial charge on any atom is -0.487 e. The first kappa shape index (κ1) is 25.0. The number of ether oxygens (including phenoxy) is 1. The van der Waals surface area contributed by atoms with Gasteiger partial charge in [-0.25, -0.2) is 4.98 Å². The normalized spacial score (nSPS) is 15.2. The van der Waals surface area contributed by atoms with Gasteiger partial charge in [0.1, 0.15) is 18.0 Å². The number of carbonyl (C=O) groups is 1. The number of aromatic nitrogens is 2. The molecule has 3 heterocycles. The Morgan fingerprint density at radius 3 is 2.84 bits per heavy atom. The number of halogens is 2. The number of aryl methyl sites for hydroxylation is 1. The van der Waals surface area contributed by atoms with Gasteiger partial charge in [0.2, 0.25) is 0 Å². The molecule has 31 heavy (non-hydrogen) atoms. The van der Waals surface area contributed by atoms with Gasteiger partial charge < -0.3 is 19.4 Å². The molecule has 8 heteroatoms. The van der Waals surface area contributed by atoms with Crippen molar-refractivity contribution in [2.24, 2.45) is 0 Å². The molecular formula is C23H30Cl2N4O2. The molecule has 0 radical (unpaired) electrons. The van der Waals surface area contributed by atoms with Crippen molar-refractivity contribution in [2.75, 3.05) is 19.6 Å². The van der Waals surface area contributed by atoms with Crippen molar-refractivity contribution in [2.45, 2.75) is 39.3 Å². The van der Waals surface area contributed by atoms with Crippen molar-refractivity contribution in [1.29, 1.82) is 0 Å². The Kier molecular flexibility index (Phi) is 9.16. The molecule has 1 amide bonds. The molecule has 0 aliphatic carbocycles. The quantitative estimate of drug-likeness (QED) is 0.566. The maximum absolute atomic E-state index is 13.1. The lowest BCUT2D eigenvalue weighted by atomic mass is 10.1. The Bertz CT molecular complexity index is 1000. The topological polar surface area (TPSA) is 58.9 Å². The lowest BCUT2D eigenvalue weighted by Gasteiger charge is -2.28. The smallest absolute Gasteiger partial charge is 0.254 e. The number of nitrogens with zero attached hydrogens (tertiary/aromatic N) is 3. The van der Waals surface area contributed by atoms with Gasteiger partial charge in [-0.05, 0) is 56.1 Å². The highest BCUT2D eigenvalue weighted by atomic mass is 35.5. The molecular weight excluding hydrogens is 435 g/mol. The van der Waals surface area contributed by atoms with E-state index in [1.165, 1.54) is 5.56 Å². The summed E-state index contributed by atoms with van der Waals surface area (Å²) in [6.45, 7) is 7.15. The number of pyridine rings is 1. The Morgan fingerprint density at radius 2 is 2.10 bits per heavy atom. The third kappa shape index (κ3) is 5.91. The van der Waals surface area contributed by atoms with E-state index in [1.54, 1.807) is 0 Å². The van der Waals surface area contributed by atoms with Gasteiger partial charge in [0.05, 0.1) is 5.69 Å². The molecule has 1 fully saturated rings. The van der Waals surface area contributed by atoms with E-state index in [1.807, 2.05) is 58.1 Å². The zero-order valence-electron chi connectivity index (χ0n) is 17.9. The predicted molar refractivity (Wildman–Crippen MR) is 128 cm³/mol. The van der Waals surface area contributed by atoms with E-state index in [9.17, 15) is 4.79 Å². The number of carbonyl (C=O) groups excluding carboxylic acids is 1. The van der Waals surface area contributed by atoms with Gasteiger partial charge >= 0.3 is 0 Å². The summed E-state index contributed by atoms with van der Waals surface area (Å²) in [5.41, 5.74) is 3.62. The van der Waals surface area contributed by atoms with Crippen LogP contribution in [-0.2, 0) is 6.61 Å². The fourth-order valence-electron chi connectivity index (χ4n) is 3.86. The van der Waals surface area contributed by atoms with Gasteiger partial charge in [-0.2, -0.15) is 0 Å². The van der Waals surface area contributed by atoms with Crippen LogP contribution in [0.25, 0.3) is 5.65 Å². The van der Waals surface area contributed by atoms with Crippen LogP contribution < -0.4 is 10.1 Å². The first-order valence-electron chi connectivity index (χ1n) is 10.3. The van der Waals surface area contributed by atoms with Crippen LogP contribution in [0.3, 0.4) is 0 Å². The summed E-state index contributed by atoms with van der Waals surface area (Å²) >= 11 is 0. The molecule has 3 aromatic rings. The van der Waals surface area contributed by atoms with Gasteiger partial charge in [0, 0.05) is 37.1 Å². The summed E-state index contributed by atoms with van der Waals surface area (Å²) in [5, 5.41) is 3.35. The highest BCUT2D eigenvalue weighted by molar-refractivity contribution is 5.94. The van der Waals surface area contributed by atoms with Crippen molar-refractivity contribution in [3.05, 3.63) is 65.6 Å². The maximum Gasteiger partial charge on any atom is 0.254 e. The highest BCUT2D eigenvalue weighted by Gasteiger charge is 2.26. The molecule has 1 N–H and O–H groups in total. The van der Waals surface area contributed by atoms with Crippen molar-refractivity contribution in [3.8, 4) is 5.75 Å². The molecule has 0 spiro atoms. The standard InChI is InChI=1S/C23H28N4O2.2ClH/c1-3-11-27(20-9-10-24-13-20)23(28)18-5-4-6-21(12-18)29-16-19-15-26-14-17(2)7-8-22(26)25-19;;/h4-8,12,14-15,20,24H,3,9-11,13,16H2,1-2H3;2*1H. The van der Waals surface area contributed by atoms with Crippen LogP contribution in [0.15, 0.2) is 48.8 Å². The number of hydrogen-bond acceptors (Lipinski definition) is 4. The summed E-state index contributed by atoms with van der Waals surface area (Å²) in [5.74, 6) is 0.763. The van der Waals surface area contributed by atoms with Crippen molar-refractivity contribution in [3.63, 3.8) is 0 Å². The molecule has 0 bridgehead atoms. The molecule has 168 valence electrons. The Labute approximate surface area is 195 Å². The zero-order valence-corrected chi connectivity index (χ0v) is 19.5. The van der Waals surface area contributed by atoms with E-state index < -0.39 is 0 Å². The van der Waals surface area contributed by atoms with E-state index in [0.717, 1.165) is 43.8 Å². The third-order valence-electron chi connectivity index (χ3n) is 5.32. The zero-order chi connectivity index (χ0) is 20.2. The Balaban J connectivity index is 0.00000171. The lowest BCUT2D eigenvalue weighted by Crippen LogP contribution is -2.42. The fourth-order valence-corrected chi connectivity index (χ4v) is 3.86. The number of imidazole rings is 1. The minimum atomic E-state index is 0.